The molecule has 32 heavy (non-hydrogen) atoms. The molecule has 0 aliphatic heterocycles. The Hall–Kier alpha value is -3.46. The van der Waals surface area contributed by atoms with Crippen molar-refractivity contribution in [3.05, 3.63) is 113 Å². The lowest BCUT2D eigenvalue weighted by molar-refractivity contribution is 0.594. The van der Waals surface area contributed by atoms with Crippen LogP contribution in [-0.2, 0) is 0 Å². The van der Waals surface area contributed by atoms with Crippen LogP contribution in [0.25, 0.3) is 50.1 Å². The van der Waals surface area contributed by atoms with Gasteiger partial charge in [0.2, 0.25) is 0 Å². The van der Waals surface area contributed by atoms with Gasteiger partial charge in [-0.05, 0) is 65.4 Å². The van der Waals surface area contributed by atoms with Gasteiger partial charge in [0.1, 0.15) is 5.76 Å². The van der Waals surface area contributed by atoms with Gasteiger partial charge in [0.15, 0.2) is 5.76 Å². The zero-order chi connectivity index (χ0) is 21.7. The highest BCUT2D eigenvalue weighted by Crippen LogP contribution is 2.39. The molecule has 6 aromatic rings. The molecule has 0 bridgehead atoms. The molecule has 154 valence electrons. The summed E-state index contributed by atoms with van der Waals surface area (Å²) in [5, 5.41) is 4.78. The molecule has 2 heterocycles. The van der Waals surface area contributed by atoms with Crippen LogP contribution in [0.3, 0.4) is 0 Å². The lowest BCUT2D eigenvalue weighted by Gasteiger charge is -2.10. The lowest BCUT2D eigenvalue weighted by atomic mass is 10.1. The van der Waals surface area contributed by atoms with Crippen molar-refractivity contribution in [2.45, 2.75) is 0 Å². The van der Waals surface area contributed by atoms with Gasteiger partial charge in [-0.2, -0.15) is 0 Å². The van der Waals surface area contributed by atoms with Gasteiger partial charge in [0.25, 0.3) is 0 Å². The van der Waals surface area contributed by atoms with E-state index in [9.17, 15) is 0 Å². The zero-order valence-corrected chi connectivity index (χ0v) is 18.4. The van der Waals surface area contributed by atoms with E-state index in [0.717, 1.165) is 28.2 Å². The van der Waals surface area contributed by atoms with Crippen molar-refractivity contribution in [1.82, 2.24) is 4.57 Å². The van der Waals surface area contributed by atoms with Gasteiger partial charge in [0, 0.05) is 21.7 Å². The average Bonchev–Trinajstić information content (AvgIpc) is 3.45. The second kappa shape index (κ2) is 7.59. The predicted molar refractivity (Wildman–Crippen MR) is 134 cm³/mol. The topological polar surface area (TPSA) is 18.1 Å². The highest BCUT2D eigenvalue weighted by Gasteiger charge is 2.18. The molecule has 2 nitrogen and oxygen atoms in total. The Morgan fingerprint density at radius 3 is 2.25 bits per heavy atom. The number of aromatic nitrogens is 1. The highest BCUT2D eigenvalue weighted by atomic mass is 35.5. The SMILES string of the molecule is Clc1ccc(-c2ccc(-c3cc4c5ccccc5ccc4n3-c3ccccc3)o2)c(Cl)c1. The maximum Gasteiger partial charge on any atom is 0.151 e. The van der Waals surface area contributed by atoms with Crippen molar-refractivity contribution in [2.24, 2.45) is 0 Å². The molecule has 0 atom stereocenters. The smallest absolute Gasteiger partial charge is 0.151 e. The number of furan rings is 1. The number of hydrogen-bond donors (Lipinski definition) is 0. The van der Waals surface area contributed by atoms with Gasteiger partial charge >= 0.3 is 0 Å². The summed E-state index contributed by atoms with van der Waals surface area (Å²) in [4.78, 5) is 0. The summed E-state index contributed by atoms with van der Waals surface area (Å²) in [6.45, 7) is 0. The minimum Gasteiger partial charge on any atom is -0.454 e. The molecule has 0 aliphatic rings. The first-order valence-electron chi connectivity index (χ1n) is 10.3. The van der Waals surface area contributed by atoms with E-state index < -0.39 is 0 Å². The second-order valence-electron chi connectivity index (χ2n) is 7.71. The molecule has 0 amide bonds. The number of benzene rings is 4. The van der Waals surface area contributed by atoms with E-state index in [1.807, 2.05) is 42.5 Å². The normalized spacial score (nSPS) is 11.4. The number of rotatable bonds is 3. The van der Waals surface area contributed by atoms with Gasteiger partial charge < -0.3 is 8.98 Å². The molecule has 0 aliphatic carbocycles. The Morgan fingerprint density at radius 1 is 0.625 bits per heavy atom. The van der Waals surface area contributed by atoms with Gasteiger partial charge in [-0.3, -0.25) is 0 Å². The summed E-state index contributed by atoms with van der Waals surface area (Å²) in [6, 6.07) is 34.7. The molecule has 2 aromatic heterocycles. The molecule has 0 fully saturated rings. The Labute approximate surface area is 195 Å². The quantitative estimate of drug-likeness (QED) is 0.261. The van der Waals surface area contributed by atoms with Crippen molar-refractivity contribution in [2.75, 3.05) is 0 Å². The summed E-state index contributed by atoms with van der Waals surface area (Å²) in [5.41, 5.74) is 4.01. The first-order valence-corrected chi connectivity index (χ1v) is 11.1. The Morgan fingerprint density at radius 2 is 1.41 bits per heavy atom. The molecule has 4 heteroatoms. The number of halogens is 2. The van der Waals surface area contributed by atoms with Crippen molar-refractivity contribution in [1.29, 1.82) is 0 Å². The number of fused-ring (bicyclic) bond motifs is 3. The van der Waals surface area contributed by atoms with Crippen LogP contribution in [0.4, 0.5) is 0 Å². The van der Waals surface area contributed by atoms with E-state index in [-0.39, 0.29) is 0 Å². The molecule has 0 saturated carbocycles. The summed E-state index contributed by atoms with van der Waals surface area (Å²) < 4.78 is 8.58. The highest BCUT2D eigenvalue weighted by molar-refractivity contribution is 6.36. The Balaban J connectivity index is 1.61. The molecule has 0 saturated heterocycles. The van der Waals surface area contributed by atoms with Crippen LogP contribution in [0.1, 0.15) is 0 Å². The van der Waals surface area contributed by atoms with Crippen LogP contribution < -0.4 is 0 Å². The Kier molecular flexibility index (Phi) is 4.57. The predicted octanol–water partition coefficient (Wildman–Crippen LogP) is 9.02. The van der Waals surface area contributed by atoms with Crippen molar-refractivity contribution in [3.63, 3.8) is 0 Å². The van der Waals surface area contributed by atoms with Crippen LogP contribution in [-0.4, -0.2) is 4.57 Å². The van der Waals surface area contributed by atoms with Crippen LogP contribution >= 0.6 is 23.2 Å². The first-order chi connectivity index (χ1) is 15.7. The molecule has 0 unspecified atom stereocenters. The molecule has 6 rings (SSSR count). The summed E-state index contributed by atoms with van der Waals surface area (Å²) in [5.74, 6) is 1.48. The van der Waals surface area contributed by atoms with E-state index in [1.165, 1.54) is 16.2 Å². The van der Waals surface area contributed by atoms with Gasteiger partial charge in [-0.25, -0.2) is 0 Å². The minimum absolute atomic E-state index is 0.563. The standard InChI is InChI=1S/C28H17Cl2NO/c29-19-11-12-22(24(30)16-19)27-14-15-28(32-27)26-17-23-21-9-5-4-6-18(21)10-13-25(23)31(26)20-7-2-1-3-8-20/h1-17H. The van der Waals surface area contributed by atoms with E-state index in [0.29, 0.717) is 15.8 Å². The fourth-order valence-electron chi connectivity index (χ4n) is 4.31. The van der Waals surface area contributed by atoms with Crippen molar-refractivity contribution >= 4 is 44.9 Å². The van der Waals surface area contributed by atoms with Gasteiger partial charge in [-0.1, -0.05) is 71.7 Å². The first kappa shape index (κ1) is 19.2. The van der Waals surface area contributed by atoms with Crippen LogP contribution in [0, 0.1) is 0 Å². The van der Waals surface area contributed by atoms with E-state index in [1.54, 1.807) is 6.07 Å². The number of hydrogen-bond acceptors (Lipinski definition) is 1. The molecule has 0 N–H and O–H groups in total. The van der Waals surface area contributed by atoms with Crippen LogP contribution in [0.2, 0.25) is 10.0 Å². The summed E-state index contributed by atoms with van der Waals surface area (Å²) in [7, 11) is 0. The van der Waals surface area contributed by atoms with Crippen LogP contribution in [0.15, 0.2) is 108 Å². The van der Waals surface area contributed by atoms with E-state index in [2.05, 4.69) is 59.2 Å². The largest absolute Gasteiger partial charge is 0.454 e. The number of nitrogens with zero attached hydrogens (tertiary/aromatic N) is 1. The maximum absolute atomic E-state index is 6.43. The molecular weight excluding hydrogens is 437 g/mol. The van der Waals surface area contributed by atoms with Crippen LogP contribution in [0.5, 0.6) is 0 Å². The van der Waals surface area contributed by atoms with Crippen molar-refractivity contribution in [3.8, 4) is 28.5 Å². The fourth-order valence-corrected chi connectivity index (χ4v) is 4.81. The lowest BCUT2D eigenvalue weighted by Crippen LogP contribution is -1.95. The molecular formula is C28H17Cl2NO. The van der Waals surface area contributed by atoms with Gasteiger partial charge in [-0.15, -0.1) is 0 Å². The van der Waals surface area contributed by atoms with E-state index >= 15 is 0 Å². The third-order valence-electron chi connectivity index (χ3n) is 5.78. The minimum atomic E-state index is 0.563. The van der Waals surface area contributed by atoms with Crippen molar-refractivity contribution < 1.29 is 4.42 Å². The fraction of sp³-hybridized carbons (Fsp3) is 0. The van der Waals surface area contributed by atoms with Gasteiger partial charge in [0.05, 0.1) is 16.2 Å². The average molecular weight is 454 g/mol. The number of para-hydroxylation sites is 1. The molecule has 4 aromatic carbocycles. The zero-order valence-electron chi connectivity index (χ0n) is 16.9. The second-order valence-corrected chi connectivity index (χ2v) is 8.55. The monoisotopic (exact) mass is 453 g/mol. The summed E-state index contributed by atoms with van der Waals surface area (Å²) >= 11 is 12.5. The molecule has 0 spiro atoms. The Bertz CT molecular complexity index is 1590. The maximum atomic E-state index is 6.43. The summed E-state index contributed by atoms with van der Waals surface area (Å²) in [6.07, 6.45) is 0. The third-order valence-corrected chi connectivity index (χ3v) is 6.33. The van der Waals surface area contributed by atoms with E-state index in [4.69, 9.17) is 27.6 Å². The third kappa shape index (κ3) is 3.12. The molecule has 0 radical (unpaired) electrons.